The molecule has 5 rings (SSSR count). The molecular formula is C28H32N4O7. The summed E-state index contributed by atoms with van der Waals surface area (Å²) >= 11 is 0. The minimum absolute atomic E-state index is 0.315. The summed E-state index contributed by atoms with van der Waals surface area (Å²) in [4.78, 5) is 37.6. The second-order valence-corrected chi connectivity index (χ2v) is 10.6. The van der Waals surface area contributed by atoms with Crippen LogP contribution in [0.5, 0.6) is 23.1 Å². The molecule has 39 heavy (non-hydrogen) atoms. The Hall–Kier alpha value is -4.28. The number of benzene rings is 2. The maximum Gasteiger partial charge on any atom is 0.415 e. The molecule has 0 N–H and O–H groups in total. The van der Waals surface area contributed by atoms with Gasteiger partial charge in [-0.05, 0) is 39.0 Å². The van der Waals surface area contributed by atoms with Gasteiger partial charge in [-0.25, -0.2) is 19.6 Å². The maximum absolute atomic E-state index is 13.2. The summed E-state index contributed by atoms with van der Waals surface area (Å²) in [5.74, 6) is 1.98. The molecule has 1 aromatic heterocycles. The number of likely N-dealkylation sites (tertiary alicyclic amines) is 1. The Bertz CT molecular complexity index is 1400. The SMILES string of the molecule is COc1cccc(Oc2ncnc3cc(OC)c(N4CC5(CCN(C(=O)OC(C)(C)C)CC5)OC4=O)cc23)c1. The average molecular weight is 537 g/mol. The van der Waals surface area contributed by atoms with Gasteiger partial charge in [0.25, 0.3) is 0 Å². The molecule has 11 nitrogen and oxygen atoms in total. The van der Waals surface area contributed by atoms with Crippen LogP contribution in [0.15, 0.2) is 42.7 Å². The lowest BCUT2D eigenvalue weighted by Gasteiger charge is -2.37. The highest BCUT2D eigenvalue weighted by molar-refractivity contribution is 5.97. The fourth-order valence-electron chi connectivity index (χ4n) is 4.77. The third-order valence-electron chi connectivity index (χ3n) is 6.74. The Morgan fingerprint density at radius 2 is 1.77 bits per heavy atom. The predicted octanol–water partition coefficient (Wildman–Crippen LogP) is 5.17. The van der Waals surface area contributed by atoms with E-state index in [-0.39, 0.29) is 6.09 Å². The number of amides is 2. The second-order valence-electron chi connectivity index (χ2n) is 10.6. The fraction of sp³-hybridized carbons (Fsp3) is 0.429. The van der Waals surface area contributed by atoms with E-state index >= 15 is 0 Å². The molecule has 2 amide bonds. The van der Waals surface area contributed by atoms with E-state index in [1.165, 1.54) is 13.4 Å². The summed E-state index contributed by atoms with van der Waals surface area (Å²) in [6, 6.07) is 10.7. The number of hydrogen-bond acceptors (Lipinski definition) is 9. The van der Waals surface area contributed by atoms with Crippen molar-refractivity contribution in [2.24, 2.45) is 0 Å². The van der Waals surface area contributed by atoms with Crippen molar-refractivity contribution in [1.82, 2.24) is 14.9 Å². The molecule has 0 saturated carbocycles. The van der Waals surface area contributed by atoms with Crippen LogP contribution < -0.4 is 19.1 Å². The number of aromatic nitrogens is 2. The first-order valence-electron chi connectivity index (χ1n) is 12.7. The summed E-state index contributed by atoms with van der Waals surface area (Å²) in [6.07, 6.45) is 1.56. The topological polar surface area (TPSA) is 113 Å². The number of hydrogen-bond donors (Lipinski definition) is 0. The first kappa shape index (κ1) is 26.3. The predicted molar refractivity (Wildman–Crippen MR) is 143 cm³/mol. The van der Waals surface area contributed by atoms with E-state index in [9.17, 15) is 9.59 Å². The molecule has 0 atom stereocenters. The van der Waals surface area contributed by atoms with Gasteiger partial charge in [0.1, 0.15) is 34.8 Å². The van der Waals surface area contributed by atoms with E-state index in [1.807, 2.05) is 32.9 Å². The highest BCUT2D eigenvalue weighted by Gasteiger charge is 2.49. The monoisotopic (exact) mass is 536 g/mol. The normalized spacial score (nSPS) is 16.8. The van der Waals surface area contributed by atoms with Crippen molar-refractivity contribution >= 4 is 28.8 Å². The van der Waals surface area contributed by atoms with E-state index in [0.29, 0.717) is 72.2 Å². The van der Waals surface area contributed by atoms with E-state index in [0.717, 1.165) is 0 Å². The van der Waals surface area contributed by atoms with Gasteiger partial charge in [-0.1, -0.05) is 6.07 Å². The summed E-state index contributed by atoms with van der Waals surface area (Å²) in [5.41, 5.74) is -0.181. The van der Waals surface area contributed by atoms with Crippen molar-refractivity contribution in [3.05, 3.63) is 42.7 Å². The van der Waals surface area contributed by atoms with Gasteiger partial charge >= 0.3 is 12.2 Å². The number of anilines is 1. The zero-order valence-electron chi connectivity index (χ0n) is 22.7. The van der Waals surface area contributed by atoms with Gasteiger partial charge in [-0.3, -0.25) is 4.90 Å². The molecule has 0 aliphatic carbocycles. The third kappa shape index (κ3) is 5.47. The first-order valence-corrected chi connectivity index (χ1v) is 12.7. The van der Waals surface area contributed by atoms with Gasteiger partial charge in [0.15, 0.2) is 0 Å². The molecule has 2 aromatic carbocycles. The standard InChI is InChI=1S/C28H32N4O7/c1-27(2,3)38-25(33)31-11-9-28(10-12-31)16-32(26(34)39-28)22-14-20-21(15-23(22)36-5)29-17-30-24(20)37-19-8-6-7-18(13-19)35-4/h6-8,13-15,17H,9-12,16H2,1-5H3. The summed E-state index contributed by atoms with van der Waals surface area (Å²) in [5, 5.41) is 0.601. The maximum atomic E-state index is 13.2. The van der Waals surface area contributed by atoms with Crippen LogP contribution in [-0.2, 0) is 9.47 Å². The molecule has 2 fully saturated rings. The molecule has 0 bridgehead atoms. The minimum Gasteiger partial charge on any atom is -0.497 e. The number of nitrogens with zero attached hydrogens (tertiary/aromatic N) is 4. The number of methoxy groups -OCH3 is 2. The first-order chi connectivity index (χ1) is 18.6. The average Bonchev–Trinajstić information content (AvgIpc) is 3.22. The van der Waals surface area contributed by atoms with Gasteiger partial charge < -0.3 is 28.6 Å². The van der Waals surface area contributed by atoms with Crippen LogP contribution in [0, 0.1) is 0 Å². The molecule has 3 aromatic rings. The fourth-order valence-corrected chi connectivity index (χ4v) is 4.77. The number of ether oxygens (including phenoxy) is 5. The number of carbonyl (C=O) groups excluding carboxylic acids is 2. The van der Waals surface area contributed by atoms with Crippen LogP contribution in [-0.4, -0.2) is 72.1 Å². The molecule has 2 saturated heterocycles. The number of fused-ring (bicyclic) bond motifs is 1. The van der Waals surface area contributed by atoms with Crippen LogP contribution in [0.4, 0.5) is 15.3 Å². The Morgan fingerprint density at radius 1 is 1.03 bits per heavy atom. The molecule has 0 radical (unpaired) electrons. The zero-order valence-corrected chi connectivity index (χ0v) is 22.7. The third-order valence-corrected chi connectivity index (χ3v) is 6.74. The Labute approximate surface area is 226 Å². The Balaban J connectivity index is 1.40. The molecule has 2 aliphatic heterocycles. The quantitative estimate of drug-likeness (QED) is 0.436. The Morgan fingerprint density at radius 3 is 2.46 bits per heavy atom. The number of piperidine rings is 1. The van der Waals surface area contributed by atoms with Crippen LogP contribution in [0.1, 0.15) is 33.6 Å². The highest BCUT2D eigenvalue weighted by atomic mass is 16.6. The molecule has 1 spiro atoms. The summed E-state index contributed by atoms with van der Waals surface area (Å²) in [7, 11) is 3.12. The second kappa shape index (κ2) is 10.1. The van der Waals surface area contributed by atoms with Gasteiger partial charge in [-0.15, -0.1) is 0 Å². The lowest BCUT2D eigenvalue weighted by molar-refractivity contribution is -0.0167. The zero-order chi connectivity index (χ0) is 27.8. The van der Waals surface area contributed by atoms with Gasteiger partial charge in [-0.2, -0.15) is 0 Å². The number of carbonyl (C=O) groups is 2. The molecule has 2 aliphatic rings. The van der Waals surface area contributed by atoms with Crippen molar-refractivity contribution < 1.29 is 33.3 Å². The lowest BCUT2D eigenvalue weighted by Crippen LogP contribution is -2.49. The van der Waals surface area contributed by atoms with Crippen LogP contribution >= 0.6 is 0 Å². The molecular weight excluding hydrogens is 504 g/mol. The highest BCUT2D eigenvalue weighted by Crippen LogP contribution is 2.42. The van der Waals surface area contributed by atoms with Crippen LogP contribution in [0.25, 0.3) is 10.9 Å². The molecule has 11 heteroatoms. The molecule has 0 unspecified atom stereocenters. The summed E-state index contributed by atoms with van der Waals surface area (Å²) in [6.45, 7) is 6.68. The van der Waals surface area contributed by atoms with Crippen molar-refractivity contribution in [3.8, 4) is 23.1 Å². The van der Waals surface area contributed by atoms with Gasteiger partial charge in [0.2, 0.25) is 5.88 Å². The van der Waals surface area contributed by atoms with Crippen molar-refractivity contribution in [3.63, 3.8) is 0 Å². The van der Waals surface area contributed by atoms with Crippen molar-refractivity contribution in [2.45, 2.75) is 44.8 Å². The number of rotatable bonds is 5. The van der Waals surface area contributed by atoms with E-state index in [1.54, 1.807) is 41.2 Å². The lowest BCUT2D eigenvalue weighted by atomic mass is 9.91. The molecule has 3 heterocycles. The van der Waals surface area contributed by atoms with Crippen LogP contribution in [0.3, 0.4) is 0 Å². The van der Waals surface area contributed by atoms with Crippen molar-refractivity contribution in [1.29, 1.82) is 0 Å². The van der Waals surface area contributed by atoms with E-state index in [2.05, 4.69) is 9.97 Å². The van der Waals surface area contributed by atoms with E-state index in [4.69, 9.17) is 23.7 Å². The van der Waals surface area contributed by atoms with Gasteiger partial charge in [0, 0.05) is 38.1 Å². The molecule has 206 valence electrons. The smallest absolute Gasteiger partial charge is 0.415 e. The van der Waals surface area contributed by atoms with Gasteiger partial charge in [0.05, 0.1) is 37.4 Å². The minimum atomic E-state index is -0.720. The van der Waals surface area contributed by atoms with Crippen LogP contribution in [0.2, 0.25) is 0 Å². The summed E-state index contributed by atoms with van der Waals surface area (Å²) < 4.78 is 28.4. The largest absolute Gasteiger partial charge is 0.497 e. The Kier molecular flexibility index (Phi) is 6.83. The van der Waals surface area contributed by atoms with Crippen molar-refractivity contribution in [2.75, 3.05) is 38.8 Å². The van der Waals surface area contributed by atoms with E-state index < -0.39 is 17.3 Å².